The molecule has 0 spiro atoms. The highest BCUT2D eigenvalue weighted by Gasteiger charge is 2.06. The van der Waals surface area contributed by atoms with Crippen molar-refractivity contribution in [2.75, 3.05) is 37.4 Å². The van der Waals surface area contributed by atoms with Crippen molar-refractivity contribution in [1.29, 1.82) is 0 Å². The Kier molecular flexibility index (Phi) is 9.84. The van der Waals surface area contributed by atoms with E-state index in [1.165, 1.54) is 12.7 Å². The summed E-state index contributed by atoms with van der Waals surface area (Å²) in [7, 11) is 1.35. The lowest BCUT2D eigenvalue weighted by Crippen LogP contribution is -2.32. The van der Waals surface area contributed by atoms with E-state index in [2.05, 4.69) is 16.0 Å². The number of thiocarbonyl (C=S) groups is 1. The van der Waals surface area contributed by atoms with Gasteiger partial charge in [-0.05, 0) is 79.3 Å². The minimum absolute atomic E-state index is 0.251. The van der Waals surface area contributed by atoms with Crippen LogP contribution in [0.25, 0.3) is 0 Å². The maximum Gasteiger partial charge on any atom is 0.337 e. The Morgan fingerprint density at radius 2 is 1.56 bits per heavy atom. The molecule has 0 unspecified atom stereocenters. The van der Waals surface area contributed by atoms with Gasteiger partial charge in [-0.3, -0.25) is 0 Å². The van der Waals surface area contributed by atoms with Crippen LogP contribution in [0.3, 0.4) is 0 Å². The fourth-order valence-electron chi connectivity index (χ4n) is 3.13. The van der Waals surface area contributed by atoms with E-state index in [4.69, 9.17) is 21.7 Å². The molecule has 8 heteroatoms. The molecule has 0 saturated heterocycles. The van der Waals surface area contributed by atoms with Gasteiger partial charge in [0, 0.05) is 17.9 Å². The van der Waals surface area contributed by atoms with Gasteiger partial charge in [-0.2, -0.15) is 0 Å². The first-order valence-corrected chi connectivity index (χ1v) is 11.4. The standard InChI is InChI=1S/C26H29N3O4S/c1-32-25(31)20-9-13-22(14-10-20)29-26(34)28-21-11-7-19(8-12-21)15-16-27-17-23(30)18-33-24-5-3-2-4-6-24/h2-14,23,27,30H,15-18H2,1H3,(H2,28,29,34)/t23-/m0/s1. The summed E-state index contributed by atoms with van der Waals surface area (Å²) in [5, 5.41) is 20.0. The van der Waals surface area contributed by atoms with Gasteiger partial charge in [0.2, 0.25) is 0 Å². The second-order valence-electron chi connectivity index (χ2n) is 7.58. The summed E-state index contributed by atoms with van der Waals surface area (Å²) < 4.78 is 10.2. The molecule has 0 aliphatic heterocycles. The van der Waals surface area contributed by atoms with Gasteiger partial charge in [0.25, 0.3) is 0 Å². The van der Waals surface area contributed by atoms with Gasteiger partial charge < -0.3 is 30.5 Å². The molecule has 3 rings (SSSR count). The van der Waals surface area contributed by atoms with E-state index in [1.54, 1.807) is 24.3 Å². The van der Waals surface area contributed by atoms with Crippen molar-refractivity contribution >= 4 is 34.7 Å². The van der Waals surface area contributed by atoms with Crippen LogP contribution in [0.4, 0.5) is 11.4 Å². The number of rotatable bonds is 11. The van der Waals surface area contributed by atoms with Crippen LogP contribution in [0, 0.1) is 0 Å². The van der Waals surface area contributed by atoms with Gasteiger partial charge in [-0.15, -0.1) is 0 Å². The number of para-hydroxylation sites is 1. The third-order valence-corrected chi connectivity index (χ3v) is 5.14. The zero-order valence-corrected chi connectivity index (χ0v) is 19.8. The molecule has 0 heterocycles. The monoisotopic (exact) mass is 479 g/mol. The quantitative estimate of drug-likeness (QED) is 0.187. The molecule has 0 radical (unpaired) electrons. The Bertz CT molecular complexity index is 1040. The van der Waals surface area contributed by atoms with Crippen LogP contribution in [0.15, 0.2) is 78.9 Å². The number of methoxy groups -OCH3 is 1. The maximum atomic E-state index is 11.5. The third-order valence-electron chi connectivity index (χ3n) is 4.93. The maximum absolute atomic E-state index is 11.5. The molecular formula is C26H29N3O4S. The van der Waals surface area contributed by atoms with E-state index in [0.29, 0.717) is 17.2 Å². The summed E-state index contributed by atoms with van der Waals surface area (Å²) in [6, 6.07) is 24.3. The van der Waals surface area contributed by atoms with Crippen LogP contribution >= 0.6 is 12.2 Å². The van der Waals surface area contributed by atoms with Gasteiger partial charge in [0.15, 0.2) is 5.11 Å². The van der Waals surface area contributed by atoms with Crippen molar-refractivity contribution in [3.8, 4) is 5.75 Å². The molecule has 0 aromatic heterocycles. The summed E-state index contributed by atoms with van der Waals surface area (Å²) in [6.07, 6.45) is 0.263. The number of hydrogen-bond acceptors (Lipinski definition) is 6. The summed E-state index contributed by atoms with van der Waals surface area (Å²) >= 11 is 5.36. The number of aliphatic hydroxyl groups is 1. The first-order chi connectivity index (χ1) is 16.5. The summed E-state index contributed by atoms with van der Waals surface area (Å²) in [5.41, 5.74) is 3.29. The highest BCUT2D eigenvalue weighted by Crippen LogP contribution is 2.13. The molecule has 3 aromatic carbocycles. The molecule has 7 nitrogen and oxygen atoms in total. The predicted octanol–water partition coefficient (Wildman–Crippen LogP) is 3.85. The summed E-state index contributed by atoms with van der Waals surface area (Å²) in [5.74, 6) is 0.372. The zero-order valence-electron chi connectivity index (χ0n) is 19.0. The second kappa shape index (κ2) is 13.3. The number of nitrogens with one attached hydrogen (secondary N) is 3. The van der Waals surface area contributed by atoms with Crippen LogP contribution < -0.4 is 20.7 Å². The van der Waals surface area contributed by atoms with E-state index < -0.39 is 6.10 Å². The fourth-order valence-corrected chi connectivity index (χ4v) is 3.36. The number of esters is 1. The van der Waals surface area contributed by atoms with Crippen LogP contribution in [0.1, 0.15) is 15.9 Å². The zero-order chi connectivity index (χ0) is 24.2. The number of carbonyl (C=O) groups is 1. The first-order valence-electron chi connectivity index (χ1n) is 11.0. The van der Waals surface area contributed by atoms with Crippen molar-refractivity contribution in [2.45, 2.75) is 12.5 Å². The lowest BCUT2D eigenvalue weighted by Gasteiger charge is -2.13. The Morgan fingerprint density at radius 3 is 2.18 bits per heavy atom. The minimum atomic E-state index is -0.572. The van der Waals surface area contributed by atoms with Gasteiger partial charge in [-0.1, -0.05) is 30.3 Å². The topological polar surface area (TPSA) is 91.9 Å². The number of benzene rings is 3. The lowest BCUT2D eigenvalue weighted by molar-refractivity contribution is 0.0600. The highest BCUT2D eigenvalue weighted by molar-refractivity contribution is 7.80. The molecule has 4 N–H and O–H groups in total. The smallest absolute Gasteiger partial charge is 0.337 e. The minimum Gasteiger partial charge on any atom is -0.491 e. The van der Waals surface area contributed by atoms with E-state index in [-0.39, 0.29) is 12.6 Å². The van der Waals surface area contributed by atoms with Gasteiger partial charge in [0.1, 0.15) is 18.5 Å². The molecule has 0 aliphatic rings. The molecule has 178 valence electrons. The molecule has 3 aromatic rings. The number of anilines is 2. The van der Waals surface area contributed by atoms with Crippen molar-refractivity contribution in [1.82, 2.24) is 5.32 Å². The Labute approximate surface area is 205 Å². The molecule has 0 saturated carbocycles. The highest BCUT2D eigenvalue weighted by atomic mass is 32.1. The first kappa shape index (κ1) is 25.2. The largest absolute Gasteiger partial charge is 0.491 e. The summed E-state index contributed by atoms with van der Waals surface area (Å²) in [6.45, 7) is 1.46. The Morgan fingerprint density at radius 1 is 0.941 bits per heavy atom. The van der Waals surface area contributed by atoms with E-state index in [0.717, 1.165) is 30.1 Å². The van der Waals surface area contributed by atoms with Crippen LogP contribution in [0.5, 0.6) is 5.75 Å². The Hall–Kier alpha value is -3.46. The summed E-state index contributed by atoms with van der Waals surface area (Å²) in [4.78, 5) is 11.5. The number of aliphatic hydroxyl groups excluding tert-OH is 1. The van der Waals surface area contributed by atoms with Crippen molar-refractivity contribution in [3.05, 3.63) is 90.0 Å². The van der Waals surface area contributed by atoms with E-state index >= 15 is 0 Å². The Balaban J connectivity index is 1.34. The van der Waals surface area contributed by atoms with E-state index in [1.807, 2.05) is 54.6 Å². The van der Waals surface area contributed by atoms with Gasteiger partial charge in [-0.25, -0.2) is 4.79 Å². The number of ether oxygens (including phenoxy) is 2. The molecule has 1 atom stereocenters. The van der Waals surface area contributed by atoms with Crippen LogP contribution in [-0.2, 0) is 11.2 Å². The lowest BCUT2D eigenvalue weighted by atomic mass is 10.1. The average molecular weight is 480 g/mol. The third kappa shape index (κ3) is 8.47. The molecule has 34 heavy (non-hydrogen) atoms. The average Bonchev–Trinajstić information content (AvgIpc) is 2.87. The van der Waals surface area contributed by atoms with E-state index in [9.17, 15) is 9.90 Å². The molecular weight excluding hydrogens is 450 g/mol. The molecule has 0 amide bonds. The molecule has 0 aliphatic carbocycles. The fraction of sp³-hybridized carbons (Fsp3) is 0.231. The van der Waals surface area contributed by atoms with Crippen LogP contribution in [0.2, 0.25) is 0 Å². The normalized spacial score (nSPS) is 11.4. The van der Waals surface area contributed by atoms with Crippen LogP contribution in [-0.4, -0.2) is 49.1 Å². The van der Waals surface area contributed by atoms with Crippen molar-refractivity contribution < 1.29 is 19.4 Å². The SMILES string of the molecule is COC(=O)c1ccc(NC(=S)Nc2ccc(CCNC[C@H](O)COc3ccccc3)cc2)cc1. The van der Waals surface area contributed by atoms with Crippen molar-refractivity contribution in [2.24, 2.45) is 0 Å². The number of hydrogen-bond donors (Lipinski definition) is 4. The van der Waals surface area contributed by atoms with Gasteiger partial charge in [0.05, 0.1) is 12.7 Å². The predicted molar refractivity (Wildman–Crippen MR) is 139 cm³/mol. The van der Waals surface area contributed by atoms with Gasteiger partial charge >= 0.3 is 5.97 Å². The molecule has 0 fully saturated rings. The van der Waals surface area contributed by atoms with Crippen molar-refractivity contribution in [3.63, 3.8) is 0 Å². The number of carbonyl (C=O) groups excluding carboxylic acids is 1. The second-order valence-corrected chi connectivity index (χ2v) is 7.99. The molecule has 0 bridgehead atoms.